The summed E-state index contributed by atoms with van der Waals surface area (Å²) in [5.74, 6) is 2.60. The molecule has 10 heavy (non-hydrogen) atoms. The molecular formula is C8H17NS. The van der Waals surface area contributed by atoms with E-state index in [2.05, 4.69) is 23.6 Å². The van der Waals surface area contributed by atoms with Crippen LogP contribution in [0.4, 0.5) is 0 Å². The fraction of sp³-hybridized carbons (Fsp3) is 1.00. The quantitative estimate of drug-likeness (QED) is 0.576. The van der Waals surface area contributed by atoms with Crippen molar-refractivity contribution in [3.63, 3.8) is 0 Å². The summed E-state index contributed by atoms with van der Waals surface area (Å²) in [7, 11) is 0. The SMILES string of the molecule is CCSCCN1CCCC1. The predicted octanol–water partition coefficient (Wildman–Crippen LogP) is 1.84. The van der Waals surface area contributed by atoms with Gasteiger partial charge in [0, 0.05) is 12.3 Å². The molecule has 0 radical (unpaired) electrons. The molecule has 0 aromatic carbocycles. The van der Waals surface area contributed by atoms with Gasteiger partial charge in [-0.05, 0) is 31.7 Å². The molecule has 0 aromatic rings. The lowest BCUT2D eigenvalue weighted by Gasteiger charge is -2.12. The summed E-state index contributed by atoms with van der Waals surface area (Å²) >= 11 is 2.05. The number of nitrogens with zero attached hydrogens (tertiary/aromatic N) is 1. The normalized spacial score (nSPS) is 20.1. The lowest BCUT2D eigenvalue weighted by molar-refractivity contribution is 0.362. The Balaban J connectivity index is 1.91. The molecule has 0 unspecified atom stereocenters. The second-order valence-electron chi connectivity index (χ2n) is 2.75. The Morgan fingerprint density at radius 1 is 1.30 bits per heavy atom. The van der Waals surface area contributed by atoms with Gasteiger partial charge in [0.1, 0.15) is 0 Å². The van der Waals surface area contributed by atoms with Crippen molar-refractivity contribution in [2.75, 3.05) is 31.1 Å². The zero-order valence-corrected chi connectivity index (χ0v) is 7.62. The Morgan fingerprint density at radius 3 is 2.60 bits per heavy atom. The molecular weight excluding hydrogens is 142 g/mol. The topological polar surface area (TPSA) is 3.24 Å². The van der Waals surface area contributed by atoms with Gasteiger partial charge in [-0.15, -0.1) is 0 Å². The van der Waals surface area contributed by atoms with Gasteiger partial charge in [0.2, 0.25) is 0 Å². The van der Waals surface area contributed by atoms with E-state index >= 15 is 0 Å². The lowest BCUT2D eigenvalue weighted by Crippen LogP contribution is -2.21. The molecule has 0 spiro atoms. The van der Waals surface area contributed by atoms with Crippen LogP contribution in [0.2, 0.25) is 0 Å². The third-order valence-corrected chi connectivity index (χ3v) is 2.83. The van der Waals surface area contributed by atoms with E-state index in [1.54, 1.807) is 0 Å². The Labute approximate surface area is 68.2 Å². The minimum Gasteiger partial charge on any atom is -0.303 e. The number of hydrogen-bond acceptors (Lipinski definition) is 2. The van der Waals surface area contributed by atoms with E-state index in [4.69, 9.17) is 0 Å². The van der Waals surface area contributed by atoms with Crippen LogP contribution in [0.5, 0.6) is 0 Å². The number of likely N-dealkylation sites (tertiary alicyclic amines) is 1. The molecule has 1 aliphatic heterocycles. The van der Waals surface area contributed by atoms with E-state index in [1.807, 2.05) is 0 Å². The summed E-state index contributed by atoms with van der Waals surface area (Å²) in [6.45, 7) is 6.25. The van der Waals surface area contributed by atoms with Gasteiger partial charge in [-0.3, -0.25) is 0 Å². The van der Waals surface area contributed by atoms with Crippen LogP contribution in [0.3, 0.4) is 0 Å². The molecule has 1 heterocycles. The number of rotatable bonds is 4. The molecule has 0 amide bonds. The fourth-order valence-corrected chi connectivity index (χ4v) is 2.02. The first-order valence-corrected chi connectivity index (χ1v) is 5.39. The molecule has 0 N–H and O–H groups in total. The third-order valence-electron chi connectivity index (χ3n) is 1.95. The van der Waals surface area contributed by atoms with Gasteiger partial charge >= 0.3 is 0 Å². The van der Waals surface area contributed by atoms with E-state index in [-0.39, 0.29) is 0 Å². The molecule has 0 aromatic heterocycles. The first kappa shape index (κ1) is 8.41. The minimum absolute atomic E-state index is 1.27. The van der Waals surface area contributed by atoms with Crippen molar-refractivity contribution in [3.8, 4) is 0 Å². The van der Waals surface area contributed by atoms with Gasteiger partial charge in [0.15, 0.2) is 0 Å². The summed E-state index contributed by atoms with van der Waals surface area (Å²) in [5, 5.41) is 0. The maximum absolute atomic E-state index is 2.57. The van der Waals surface area contributed by atoms with Crippen molar-refractivity contribution in [1.82, 2.24) is 4.90 Å². The van der Waals surface area contributed by atoms with Crippen molar-refractivity contribution in [2.24, 2.45) is 0 Å². The molecule has 1 aliphatic rings. The van der Waals surface area contributed by atoms with Gasteiger partial charge in [0.05, 0.1) is 0 Å². The van der Waals surface area contributed by atoms with E-state index in [0.29, 0.717) is 0 Å². The van der Waals surface area contributed by atoms with Gasteiger partial charge in [-0.1, -0.05) is 6.92 Å². The standard InChI is InChI=1S/C8H17NS/c1-2-10-8-7-9-5-3-4-6-9/h2-8H2,1H3. The summed E-state index contributed by atoms with van der Waals surface area (Å²) in [6.07, 6.45) is 2.85. The molecule has 1 rings (SSSR count). The highest BCUT2D eigenvalue weighted by Crippen LogP contribution is 2.08. The fourth-order valence-electron chi connectivity index (χ4n) is 1.34. The van der Waals surface area contributed by atoms with Crippen LogP contribution in [0.1, 0.15) is 19.8 Å². The minimum atomic E-state index is 1.27. The van der Waals surface area contributed by atoms with Crippen LogP contribution in [-0.2, 0) is 0 Å². The Hall–Kier alpha value is 0.310. The summed E-state index contributed by atoms with van der Waals surface area (Å²) in [6, 6.07) is 0. The van der Waals surface area contributed by atoms with E-state index in [9.17, 15) is 0 Å². The molecule has 1 saturated heterocycles. The second kappa shape index (κ2) is 5.03. The van der Waals surface area contributed by atoms with Crippen LogP contribution in [0.25, 0.3) is 0 Å². The van der Waals surface area contributed by atoms with Crippen molar-refractivity contribution in [3.05, 3.63) is 0 Å². The zero-order valence-electron chi connectivity index (χ0n) is 6.81. The van der Waals surface area contributed by atoms with Crippen molar-refractivity contribution < 1.29 is 0 Å². The molecule has 0 atom stereocenters. The molecule has 0 saturated carbocycles. The highest BCUT2D eigenvalue weighted by Gasteiger charge is 2.09. The largest absolute Gasteiger partial charge is 0.303 e. The molecule has 2 heteroatoms. The molecule has 0 aliphatic carbocycles. The summed E-state index contributed by atoms with van der Waals surface area (Å²) in [5.41, 5.74) is 0. The van der Waals surface area contributed by atoms with Gasteiger partial charge in [0.25, 0.3) is 0 Å². The van der Waals surface area contributed by atoms with E-state index in [0.717, 1.165) is 0 Å². The third kappa shape index (κ3) is 2.93. The number of thioether (sulfide) groups is 1. The average Bonchev–Trinajstić information content (AvgIpc) is 2.41. The smallest absolute Gasteiger partial charge is 0.00723 e. The average molecular weight is 159 g/mol. The van der Waals surface area contributed by atoms with E-state index in [1.165, 1.54) is 44.0 Å². The van der Waals surface area contributed by atoms with Crippen molar-refractivity contribution in [1.29, 1.82) is 0 Å². The lowest BCUT2D eigenvalue weighted by atomic mass is 10.4. The Kier molecular flexibility index (Phi) is 4.23. The van der Waals surface area contributed by atoms with Gasteiger partial charge in [-0.2, -0.15) is 11.8 Å². The molecule has 60 valence electrons. The van der Waals surface area contributed by atoms with Crippen LogP contribution in [0.15, 0.2) is 0 Å². The Morgan fingerprint density at radius 2 is 2.00 bits per heavy atom. The second-order valence-corrected chi connectivity index (χ2v) is 4.14. The monoisotopic (exact) mass is 159 g/mol. The maximum Gasteiger partial charge on any atom is 0.00723 e. The van der Waals surface area contributed by atoms with Crippen molar-refractivity contribution in [2.45, 2.75) is 19.8 Å². The maximum atomic E-state index is 2.57. The highest BCUT2D eigenvalue weighted by molar-refractivity contribution is 7.99. The molecule has 1 nitrogen and oxygen atoms in total. The van der Waals surface area contributed by atoms with Crippen LogP contribution >= 0.6 is 11.8 Å². The van der Waals surface area contributed by atoms with Crippen LogP contribution in [-0.4, -0.2) is 36.0 Å². The van der Waals surface area contributed by atoms with Crippen molar-refractivity contribution >= 4 is 11.8 Å². The van der Waals surface area contributed by atoms with Gasteiger partial charge < -0.3 is 4.90 Å². The van der Waals surface area contributed by atoms with Crippen LogP contribution in [0, 0.1) is 0 Å². The number of hydrogen-bond donors (Lipinski definition) is 0. The predicted molar refractivity (Wildman–Crippen MR) is 48.7 cm³/mol. The Bertz CT molecular complexity index is 79.3. The highest BCUT2D eigenvalue weighted by atomic mass is 32.2. The molecule has 0 bridgehead atoms. The first-order chi connectivity index (χ1) is 4.93. The van der Waals surface area contributed by atoms with Gasteiger partial charge in [-0.25, -0.2) is 0 Å². The summed E-state index contributed by atoms with van der Waals surface area (Å²) < 4.78 is 0. The first-order valence-electron chi connectivity index (χ1n) is 4.23. The zero-order chi connectivity index (χ0) is 7.23. The van der Waals surface area contributed by atoms with Crippen LogP contribution < -0.4 is 0 Å². The summed E-state index contributed by atoms with van der Waals surface area (Å²) in [4.78, 5) is 2.57. The molecule has 1 fully saturated rings. The van der Waals surface area contributed by atoms with E-state index < -0.39 is 0 Å².